The van der Waals surface area contributed by atoms with Gasteiger partial charge in [-0.15, -0.1) is 0 Å². The van der Waals surface area contributed by atoms with Crippen molar-refractivity contribution in [3.8, 4) is 0 Å². The molecule has 2 N–H and O–H groups in total. The number of carbonyl (C=O) groups excluding carboxylic acids is 1. The summed E-state index contributed by atoms with van der Waals surface area (Å²) in [6, 6.07) is 0. The van der Waals surface area contributed by atoms with Crippen molar-refractivity contribution in [1.82, 2.24) is 5.32 Å². The van der Waals surface area contributed by atoms with Crippen LogP contribution >= 0.6 is 0 Å². The van der Waals surface area contributed by atoms with Gasteiger partial charge in [-0.1, -0.05) is 31.4 Å². The van der Waals surface area contributed by atoms with Crippen molar-refractivity contribution >= 4 is 5.91 Å². The molecule has 0 saturated heterocycles. The quantitative estimate of drug-likeness (QED) is 0.750. The number of amides is 1. The third-order valence-electron chi connectivity index (χ3n) is 5.03. The summed E-state index contributed by atoms with van der Waals surface area (Å²) in [6.07, 6.45) is 11.1. The Bertz CT molecular complexity index is 346. The van der Waals surface area contributed by atoms with Gasteiger partial charge in [0, 0.05) is 24.3 Å². The molecule has 3 rings (SSSR count). The first-order valence-corrected chi connectivity index (χ1v) is 7.40. The Morgan fingerprint density at radius 3 is 2.61 bits per heavy atom. The van der Waals surface area contributed by atoms with E-state index in [1.54, 1.807) is 0 Å². The number of fused-ring (bicyclic) bond motifs is 2. The van der Waals surface area contributed by atoms with Crippen molar-refractivity contribution in [2.24, 2.45) is 23.7 Å². The molecule has 2 fully saturated rings. The Labute approximate surface area is 109 Å². The zero-order chi connectivity index (χ0) is 12.5. The lowest BCUT2D eigenvalue weighted by atomic mass is 9.88. The highest BCUT2D eigenvalue weighted by atomic mass is 16.3. The van der Waals surface area contributed by atoms with Crippen molar-refractivity contribution in [2.75, 3.05) is 6.54 Å². The molecule has 1 amide bonds. The Morgan fingerprint density at radius 1 is 1.22 bits per heavy atom. The van der Waals surface area contributed by atoms with E-state index in [4.69, 9.17) is 0 Å². The minimum Gasteiger partial charge on any atom is -0.392 e. The van der Waals surface area contributed by atoms with E-state index in [1.165, 1.54) is 32.1 Å². The van der Waals surface area contributed by atoms with Crippen LogP contribution < -0.4 is 5.32 Å². The van der Waals surface area contributed by atoms with Gasteiger partial charge in [-0.3, -0.25) is 4.79 Å². The van der Waals surface area contributed by atoms with Crippen LogP contribution in [0.1, 0.15) is 38.5 Å². The summed E-state index contributed by atoms with van der Waals surface area (Å²) >= 11 is 0. The molecule has 0 aromatic rings. The first-order chi connectivity index (χ1) is 8.75. The Morgan fingerprint density at radius 2 is 2.00 bits per heavy atom. The molecule has 0 aliphatic heterocycles. The maximum atomic E-state index is 12.2. The number of carbonyl (C=O) groups is 1. The summed E-state index contributed by atoms with van der Waals surface area (Å²) in [5, 5.41) is 13.0. The average Bonchev–Trinajstić information content (AvgIpc) is 2.93. The van der Waals surface area contributed by atoms with Gasteiger partial charge >= 0.3 is 0 Å². The van der Waals surface area contributed by atoms with Crippen molar-refractivity contribution < 1.29 is 9.90 Å². The molecule has 0 spiro atoms. The van der Waals surface area contributed by atoms with Crippen LogP contribution in [-0.2, 0) is 4.79 Å². The summed E-state index contributed by atoms with van der Waals surface area (Å²) in [5.41, 5.74) is 0. The summed E-state index contributed by atoms with van der Waals surface area (Å²) in [6.45, 7) is 0.840. The number of nitrogens with one attached hydrogen (secondary N) is 1. The van der Waals surface area contributed by atoms with Gasteiger partial charge in [0.05, 0.1) is 6.10 Å². The lowest BCUT2D eigenvalue weighted by molar-refractivity contribution is -0.126. The van der Waals surface area contributed by atoms with Gasteiger partial charge in [-0.05, 0) is 25.2 Å². The monoisotopic (exact) mass is 249 g/mol. The highest BCUT2D eigenvalue weighted by Crippen LogP contribution is 2.43. The second-order valence-electron chi connectivity index (χ2n) is 6.21. The summed E-state index contributed by atoms with van der Waals surface area (Å²) < 4.78 is 0. The van der Waals surface area contributed by atoms with Crippen LogP contribution in [-0.4, -0.2) is 23.7 Å². The molecule has 2 saturated carbocycles. The number of hydrogen-bond donors (Lipinski definition) is 2. The second kappa shape index (κ2) is 5.04. The van der Waals surface area contributed by atoms with Crippen LogP contribution in [0, 0.1) is 23.7 Å². The molecule has 3 nitrogen and oxygen atoms in total. The molecule has 3 heteroatoms. The van der Waals surface area contributed by atoms with Gasteiger partial charge in [-0.2, -0.15) is 0 Å². The fourth-order valence-electron chi connectivity index (χ4n) is 3.87. The molecule has 100 valence electrons. The van der Waals surface area contributed by atoms with Crippen LogP contribution in [0.2, 0.25) is 0 Å². The molecule has 2 bridgehead atoms. The Balaban J connectivity index is 1.49. The first-order valence-electron chi connectivity index (χ1n) is 7.40. The third-order valence-corrected chi connectivity index (χ3v) is 5.03. The summed E-state index contributed by atoms with van der Waals surface area (Å²) in [7, 11) is 0. The molecule has 0 aromatic heterocycles. The van der Waals surface area contributed by atoms with Crippen molar-refractivity contribution in [1.29, 1.82) is 0 Å². The smallest absolute Gasteiger partial charge is 0.223 e. The Kier molecular flexibility index (Phi) is 3.42. The van der Waals surface area contributed by atoms with Crippen molar-refractivity contribution in [3.05, 3.63) is 12.2 Å². The van der Waals surface area contributed by atoms with Gasteiger partial charge in [0.15, 0.2) is 0 Å². The Hall–Kier alpha value is -0.830. The maximum Gasteiger partial charge on any atom is 0.223 e. The molecular weight excluding hydrogens is 226 g/mol. The zero-order valence-electron chi connectivity index (χ0n) is 10.8. The summed E-state index contributed by atoms with van der Waals surface area (Å²) in [5.74, 6) is 1.15. The van der Waals surface area contributed by atoms with E-state index in [-0.39, 0.29) is 29.8 Å². The van der Waals surface area contributed by atoms with E-state index in [1.807, 2.05) is 6.08 Å². The van der Waals surface area contributed by atoms with Gasteiger partial charge in [0.1, 0.15) is 0 Å². The molecule has 18 heavy (non-hydrogen) atoms. The van der Waals surface area contributed by atoms with Gasteiger partial charge in [0.2, 0.25) is 5.91 Å². The van der Waals surface area contributed by atoms with Crippen LogP contribution in [0.4, 0.5) is 0 Å². The molecule has 3 aliphatic rings. The standard InChI is InChI=1S/C15H23NO2/c17-14-11-6-7-12(14)13(8-11)15(18)16-9-10-4-2-1-3-5-10/h6-7,10-14,17H,1-5,8-9H2,(H,16,18). The average molecular weight is 249 g/mol. The van der Waals surface area contributed by atoms with E-state index in [0.29, 0.717) is 5.92 Å². The van der Waals surface area contributed by atoms with Gasteiger partial charge < -0.3 is 10.4 Å². The molecule has 4 unspecified atom stereocenters. The lowest BCUT2D eigenvalue weighted by Gasteiger charge is -2.24. The summed E-state index contributed by atoms with van der Waals surface area (Å²) in [4.78, 5) is 12.2. The van der Waals surface area contributed by atoms with Gasteiger partial charge in [-0.25, -0.2) is 0 Å². The lowest BCUT2D eigenvalue weighted by Crippen LogP contribution is -2.37. The predicted octanol–water partition coefficient (Wildman–Crippen LogP) is 1.87. The topological polar surface area (TPSA) is 49.3 Å². The largest absolute Gasteiger partial charge is 0.392 e. The maximum absolute atomic E-state index is 12.2. The van der Waals surface area contributed by atoms with E-state index in [0.717, 1.165) is 13.0 Å². The van der Waals surface area contributed by atoms with E-state index >= 15 is 0 Å². The third kappa shape index (κ3) is 2.20. The number of hydrogen-bond acceptors (Lipinski definition) is 2. The molecule has 3 aliphatic carbocycles. The fourth-order valence-corrected chi connectivity index (χ4v) is 3.87. The zero-order valence-corrected chi connectivity index (χ0v) is 10.8. The van der Waals surface area contributed by atoms with E-state index in [2.05, 4.69) is 11.4 Å². The highest BCUT2D eigenvalue weighted by molar-refractivity contribution is 5.80. The molecule has 0 radical (unpaired) electrons. The molecule has 0 aromatic carbocycles. The number of aliphatic hydroxyl groups is 1. The molecule has 0 heterocycles. The van der Waals surface area contributed by atoms with Crippen molar-refractivity contribution in [2.45, 2.75) is 44.6 Å². The van der Waals surface area contributed by atoms with Crippen LogP contribution in [0.25, 0.3) is 0 Å². The van der Waals surface area contributed by atoms with Gasteiger partial charge in [0.25, 0.3) is 0 Å². The number of aliphatic hydroxyl groups excluding tert-OH is 1. The highest BCUT2D eigenvalue weighted by Gasteiger charge is 2.46. The molecule has 4 atom stereocenters. The van der Waals surface area contributed by atoms with Crippen LogP contribution in [0.15, 0.2) is 12.2 Å². The van der Waals surface area contributed by atoms with Crippen LogP contribution in [0.5, 0.6) is 0 Å². The number of rotatable bonds is 3. The minimum absolute atomic E-state index is 0.0126. The second-order valence-corrected chi connectivity index (χ2v) is 6.21. The SMILES string of the molecule is O=C(NCC1CCCCC1)C1CC2C=CC1C2O. The normalized spacial score (nSPS) is 39.2. The minimum atomic E-state index is -0.310. The van der Waals surface area contributed by atoms with Crippen LogP contribution in [0.3, 0.4) is 0 Å². The molecular formula is C15H23NO2. The predicted molar refractivity (Wildman–Crippen MR) is 69.8 cm³/mol. The van der Waals surface area contributed by atoms with Crippen molar-refractivity contribution in [3.63, 3.8) is 0 Å². The van der Waals surface area contributed by atoms with E-state index in [9.17, 15) is 9.90 Å². The first kappa shape index (κ1) is 12.2. The fraction of sp³-hybridized carbons (Fsp3) is 0.800. The van der Waals surface area contributed by atoms with E-state index < -0.39 is 0 Å².